The Morgan fingerprint density at radius 3 is 2.80 bits per heavy atom. The highest BCUT2D eigenvalue weighted by Gasteiger charge is 2.34. The number of aryl methyl sites for hydroxylation is 1. The van der Waals surface area contributed by atoms with E-state index in [1.165, 1.54) is 4.90 Å². The number of hydrogen-bond donors (Lipinski definition) is 1. The second kappa shape index (κ2) is 12.7. The third kappa shape index (κ3) is 6.50. The van der Waals surface area contributed by atoms with Crippen molar-refractivity contribution in [3.8, 4) is 17.2 Å². The molecule has 3 aliphatic heterocycles. The fourth-order valence-corrected chi connectivity index (χ4v) is 5.51. The van der Waals surface area contributed by atoms with Gasteiger partial charge in [-0.05, 0) is 54.3 Å². The molecule has 1 N–H and O–H groups in total. The lowest BCUT2D eigenvalue weighted by Gasteiger charge is -2.38. The van der Waals surface area contributed by atoms with E-state index in [0.717, 1.165) is 11.1 Å². The number of methoxy groups -OCH3 is 1. The maximum Gasteiger partial charge on any atom is 0.274 e. The standard InChI is InChI=1S/C32H34N6O6/c1-36-19-30(39)34-24-11-14-37(32(41)25-17-29-33-12-4-13-38(29)35-25)18-28(24)43-20-22-5-3-6-23(15-22)44-26-9-7-21(8-10-31(36)40)16-27(26)42-2/h3-7,9,12-13,15-17,24,28H,8,10-11,14,18-20H2,1-2H3,(H,34,39)/t24-,28-/m0/s1. The molecule has 4 aromatic rings. The van der Waals surface area contributed by atoms with Crippen molar-refractivity contribution in [2.75, 3.05) is 33.8 Å². The largest absolute Gasteiger partial charge is 0.493 e. The van der Waals surface area contributed by atoms with Crippen molar-refractivity contribution in [2.45, 2.75) is 38.0 Å². The van der Waals surface area contributed by atoms with E-state index < -0.39 is 6.10 Å². The molecule has 2 aromatic heterocycles. The molecule has 228 valence electrons. The summed E-state index contributed by atoms with van der Waals surface area (Å²) in [7, 11) is 3.19. The molecule has 2 aromatic carbocycles. The van der Waals surface area contributed by atoms with Crippen molar-refractivity contribution in [1.29, 1.82) is 0 Å². The summed E-state index contributed by atoms with van der Waals surface area (Å²) in [5, 5.41) is 7.44. The summed E-state index contributed by atoms with van der Waals surface area (Å²) in [4.78, 5) is 46.8. The van der Waals surface area contributed by atoms with Gasteiger partial charge >= 0.3 is 0 Å². The van der Waals surface area contributed by atoms with Gasteiger partial charge in [0.25, 0.3) is 5.91 Å². The van der Waals surface area contributed by atoms with Crippen LogP contribution in [0.25, 0.3) is 5.65 Å². The topological polar surface area (TPSA) is 128 Å². The van der Waals surface area contributed by atoms with Crippen molar-refractivity contribution < 1.29 is 28.6 Å². The lowest BCUT2D eigenvalue weighted by Crippen LogP contribution is -2.57. The summed E-state index contributed by atoms with van der Waals surface area (Å²) in [6.45, 7) is 0.793. The average molecular weight is 599 g/mol. The van der Waals surface area contributed by atoms with Gasteiger partial charge in [-0.15, -0.1) is 0 Å². The molecule has 4 bridgehead atoms. The van der Waals surface area contributed by atoms with Crippen LogP contribution in [-0.2, 0) is 27.4 Å². The number of likely N-dealkylation sites (N-methyl/N-ethyl adjacent to an activating group) is 1. The molecular formula is C32H34N6O6. The van der Waals surface area contributed by atoms with Gasteiger partial charge in [-0.2, -0.15) is 5.10 Å². The van der Waals surface area contributed by atoms with E-state index in [1.54, 1.807) is 48.1 Å². The van der Waals surface area contributed by atoms with Crippen molar-refractivity contribution in [1.82, 2.24) is 29.7 Å². The first kappa shape index (κ1) is 29.1. The van der Waals surface area contributed by atoms with Gasteiger partial charge in [-0.1, -0.05) is 18.2 Å². The lowest BCUT2D eigenvalue weighted by atomic mass is 10.0. The molecule has 7 rings (SSSR count). The van der Waals surface area contributed by atoms with Crippen LogP contribution < -0.4 is 14.8 Å². The van der Waals surface area contributed by atoms with Gasteiger partial charge in [0.15, 0.2) is 22.8 Å². The minimum atomic E-state index is -0.508. The van der Waals surface area contributed by atoms with Gasteiger partial charge in [0.1, 0.15) is 5.75 Å². The van der Waals surface area contributed by atoms with Gasteiger partial charge in [0.05, 0.1) is 32.4 Å². The number of aromatic nitrogens is 3. The van der Waals surface area contributed by atoms with Crippen molar-refractivity contribution in [3.05, 3.63) is 83.8 Å². The van der Waals surface area contributed by atoms with Crippen LogP contribution >= 0.6 is 0 Å². The van der Waals surface area contributed by atoms with Crippen LogP contribution in [0, 0.1) is 0 Å². The Morgan fingerprint density at radius 2 is 1.95 bits per heavy atom. The van der Waals surface area contributed by atoms with Gasteiger partial charge in [0, 0.05) is 45.0 Å². The zero-order valence-electron chi connectivity index (χ0n) is 24.6. The number of carbonyl (C=O) groups is 3. The highest BCUT2D eigenvalue weighted by molar-refractivity contribution is 5.93. The van der Waals surface area contributed by atoms with Gasteiger partial charge in [0.2, 0.25) is 11.8 Å². The predicted molar refractivity (Wildman–Crippen MR) is 159 cm³/mol. The quantitative estimate of drug-likeness (QED) is 0.373. The summed E-state index contributed by atoms with van der Waals surface area (Å²) >= 11 is 0. The smallest absolute Gasteiger partial charge is 0.274 e. The van der Waals surface area contributed by atoms with Crippen molar-refractivity contribution in [2.24, 2.45) is 0 Å². The van der Waals surface area contributed by atoms with Crippen LogP contribution in [0.4, 0.5) is 0 Å². The number of piperidine rings is 1. The molecular weight excluding hydrogens is 564 g/mol. The first-order valence-electron chi connectivity index (χ1n) is 14.5. The monoisotopic (exact) mass is 598 g/mol. The highest BCUT2D eigenvalue weighted by Crippen LogP contribution is 2.33. The second-order valence-electron chi connectivity index (χ2n) is 11.0. The zero-order valence-corrected chi connectivity index (χ0v) is 24.6. The molecule has 12 nitrogen and oxygen atoms in total. The molecule has 0 spiro atoms. The fourth-order valence-electron chi connectivity index (χ4n) is 5.51. The molecule has 3 aliphatic rings. The first-order chi connectivity index (χ1) is 21.4. The molecule has 0 saturated carbocycles. The highest BCUT2D eigenvalue weighted by atomic mass is 16.5. The van der Waals surface area contributed by atoms with E-state index in [9.17, 15) is 14.4 Å². The molecule has 12 heteroatoms. The first-order valence-corrected chi connectivity index (χ1v) is 14.5. The number of likely N-dealkylation sites (tertiary alicyclic amines) is 1. The third-order valence-electron chi connectivity index (χ3n) is 7.90. The van der Waals surface area contributed by atoms with E-state index in [1.807, 2.05) is 42.5 Å². The Kier molecular flexibility index (Phi) is 8.42. The Morgan fingerprint density at radius 1 is 1.07 bits per heavy atom. The molecule has 0 unspecified atom stereocenters. The summed E-state index contributed by atoms with van der Waals surface area (Å²) in [6.07, 6.45) is 4.08. The van der Waals surface area contributed by atoms with E-state index in [4.69, 9.17) is 14.2 Å². The van der Waals surface area contributed by atoms with Gasteiger partial charge < -0.3 is 29.3 Å². The van der Waals surface area contributed by atoms with Crippen molar-refractivity contribution in [3.63, 3.8) is 0 Å². The number of benzene rings is 2. The molecule has 1 saturated heterocycles. The molecule has 0 radical (unpaired) electrons. The summed E-state index contributed by atoms with van der Waals surface area (Å²) in [5.41, 5.74) is 2.65. The maximum absolute atomic E-state index is 13.5. The SMILES string of the molecule is COc1cc2ccc1Oc1cccc(c1)CO[C@H]1CN(C(=O)c3cc4ncccn4n3)CC[C@@H]1NC(=O)CN(C)C(=O)CC2. The number of ether oxygens (including phenoxy) is 3. The van der Waals surface area contributed by atoms with Crippen LogP contribution in [0.5, 0.6) is 17.2 Å². The van der Waals surface area contributed by atoms with E-state index in [-0.39, 0.29) is 55.6 Å². The van der Waals surface area contributed by atoms with E-state index in [0.29, 0.717) is 42.3 Å². The normalized spacial score (nSPS) is 19.8. The van der Waals surface area contributed by atoms with Gasteiger partial charge in [-0.3, -0.25) is 14.4 Å². The van der Waals surface area contributed by atoms with Crippen LogP contribution in [0.3, 0.4) is 0 Å². The summed E-state index contributed by atoms with van der Waals surface area (Å²) in [6, 6.07) is 16.2. The molecule has 1 fully saturated rings. The minimum Gasteiger partial charge on any atom is -0.493 e. The average Bonchev–Trinajstić information content (AvgIpc) is 3.47. The Labute approximate surface area is 254 Å². The van der Waals surface area contributed by atoms with Gasteiger partial charge in [-0.25, -0.2) is 9.50 Å². The maximum atomic E-state index is 13.5. The predicted octanol–water partition coefficient (Wildman–Crippen LogP) is 2.85. The molecule has 2 atom stereocenters. The third-order valence-corrected chi connectivity index (χ3v) is 7.90. The van der Waals surface area contributed by atoms with Crippen LogP contribution in [0.1, 0.15) is 34.5 Å². The summed E-state index contributed by atoms with van der Waals surface area (Å²) < 4.78 is 19.7. The molecule has 44 heavy (non-hydrogen) atoms. The fraction of sp³-hybridized carbons (Fsp3) is 0.344. The minimum absolute atomic E-state index is 0.0862. The molecule has 0 aliphatic carbocycles. The van der Waals surface area contributed by atoms with E-state index in [2.05, 4.69) is 15.4 Å². The number of nitrogens with one attached hydrogen (secondary N) is 1. The summed E-state index contributed by atoms with van der Waals surface area (Å²) in [5.74, 6) is 1.04. The van der Waals surface area contributed by atoms with Crippen LogP contribution in [0.15, 0.2) is 67.0 Å². The number of nitrogens with zero attached hydrogens (tertiary/aromatic N) is 5. The molecule has 5 heterocycles. The number of rotatable bonds is 2. The number of amides is 3. The Bertz CT molecular complexity index is 1660. The lowest BCUT2D eigenvalue weighted by molar-refractivity contribution is -0.135. The Hall–Kier alpha value is -4.97. The zero-order chi connectivity index (χ0) is 30.6. The Balaban J connectivity index is 1.25. The van der Waals surface area contributed by atoms with E-state index >= 15 is 0 Å². The van der Waals surface area contributed by atoms with Crippen LogP contribution in [0.2, 0.25) is 0 Å². The van der Waals surface area contributed by atoms with Crippen LogP contribution in [-0.4, -0.2) is 88.1 Å². The number of carbonyl (C=O) groups excluding carboxylic acids is 3. The number of hydrogen-bond acceptors (Lipinski definition) is 8. The second-order valence-corrected chi connectivity index (χ2v) is 11.0. The number of fused-ring (bicyclic) bond motifs is 10. The molecule has 3 amide bonds. The van der Waals surface area contributed by atoms with Crippen molar-refractivity contribution >= 4 is 23.4 Å².